The van der Waals surface area contributed by atoms with Crippen LogP contribution in [0.2, 0.25) is 0 Å². The second kappa shape index (κ2) is 12.7. The maximum absolute atomic E-state index is 5.88. The average molecular weight is 457 g/mol. The van der Waals surface area contributed by atoms with Crippen molar-refractivity contribution in [3.05, 3.63) is 54.1 Å². The van der Waals surface area contributed by atoms with Crippen molar-refractivity contribution in [2.75, 3.05) is 19.8 Å². The number of imidazole rings is 1. The fourth-order valence-corrected chi connectivity index (χ4v) is 2.34. The molecule has 6 nitrogen and oxygen atoms in total. The summed E-state index contributed by atoms with van der Waals surface area (Å²) in [6.07, 6.45) is 5.68. The van der Waals surface area contributed by atoms with Crippen molar-refractivity contribution >= 4 is 29.9 Å². The van der Waals surface area contributed by atoms with Crippen LogP contribution >= 0.6 is 24.0 Å². The number of aromatic nitrogens is 2. The molecule has 1 aromatic heterocycles. The lowest BCUT2D eigenvalue weighted by Crippen LogP contribution is -2.33. The molecule has 0 radical (unpaired) electrons. The molecule has 0 atom stereocenters. The second-order valence-electron chi connectivity index (χ2n) is 5.45. The number of hydrogen-bond donors (Lipinski definition) is 2. The summed E-state index contributed by atoms with van der Waals surface area (Å²) in [6, 6.07) is 10.4. The maximum Gasteiger partial charge on any atom is 0.189 e. The number of aliphatic imine (C=N–C) groups is 1. The fourth-order valence-electron chi connectivity index (χ4n) is 2.34. The molecule has 1 heterocycles. The van der Waals surface area contributed by atoms with Gasteiger partial charge in [-0.1, -0.05) is 30.3 Å². The molecule has 0 aliphatic carbocycles. The minimum Gasteiger partial charge on any atom is -0.382 e. The van der Waals surface area contributed by atoms with Crippen molar-refractivity contribution in [3.63, 3.8) is 0 Å². The van der Waals surface area contributed by atoms with Gasteiger partial charge in [0.25, 0.3) is 0 Å². The zero-order chi connectivity index (χ0) is 17.0. The van der Waals surface area contributed by atoms with Crippen molar-refractivity contribution in [2.45, 2.75) is 32.9 Å². The Labute approximate surface area is 166 Å². The van der Waals surface area contributed by atoms with E-state index in [1.807, 2.05) is 25.4 Å². The molecule has 25 heavy (non-hydrogen) atoms. The van der Waals surface area contributed by atoms with Gasteiger partial charge in [0.1, 0.15) is 12.4 Å². The molecule has 138 valence electrons. The van der Waals surface area contributed by atoms with Crippen LogP contribution in [0.25, 0.3) is 0 Å². The smallest absolute Gasteiger partial charge is 0.189 e. The Morgan fingerprint density at radius 2 is 2.12 bits per heavy atom. The van der Waals surface area contributed by atoms with Crippen LogP contribution in [0.5, 0.6) is 0 Å². The highest BCUT2D eigenvalue weighted by Gasteiger charge is 2.03. The molecule has 0 spiro atoms. The van der Waals surface area contributed by atoms with Gasteiger partial charge in [-0.05, 0) is 25.3 Å². The molecule has 0 unspecified atom stereocenters. The van der Waals surface area contributed by atoms with Crippen molar-refractivity contribution in [2.24, 2.45) is 10.7 Å². The maximum atomic E-state index is 5.88. The van der Waals surface area contributed by atoms with Gasteiger partial charge in [0.2, 0.25) is 0 Å². The molecular formula is C18H28IN5O. The highest BCUT2D eigenvalue weighted by atomic mass is 127. The van der Waals surface area contributed by atoms with E-state index in [9.17, 15) is 0 Å². The zero-order valence-electron chi connectivity index (χ0n) is 14.7. The molecule has 0 fully saturated rings. The van der Waals surface area contributed by atoms with Crippen LogP contribution in [-0.2, 0) is 24.2 Å². The lowest BCUT2D eigenvalue weighted by atomic mass is 10.1. The van der Waals surface area contributed by atoms with Gasteiger partial charge in [0, 0.05) is 38.7 Å². The van der Waals surface area contributed by atoms with E-state index < -0.39 is 0 Å². The topological polar surface area (TPSA) is 77.5 Å². The first kappa shape index (κ1) is 21.4. The highest BCUT2D eigenvalue weighted by molar-refractivity contribution is 14.0. The quantitative estimate of drug-likeness (QED) is 0.249. The molecular weight excluding hydrogens is 429 g/mol. The fraction of sp³-hybridized carbons (Fsp3) is 0.444. The normalized spacial score (nSPS) is 11.2. The number of nitrogens with two attached hydrogens (primary N) is 1. The van der Waals surface area contributed by atoms with E-state index in [4.69, 9.17) is 10.5 Å². The number of aryl methyl sites for hydroxylation is 2. The summed E-state index contributed by atoms with van der Waals surface area (Å²) in [5, 5.41) is 3.09. The van der Waals surface area contributed by atoms with Gasteiger partial charge in [-0.25, -0.2) is 9.98 Å². The number of hydrogen-bond acceptors (Lipinski definition) is 3. The third-order valence-corrected chi connectivity index (χ3v) is 3.65. The Morgan fingerprint density at radius 1 is 1.32 bits per heavy atom. The van der Waals surface area contributed by atoms with E-state index in [-0.39, 0.29) is 24.0 Å². The number of nitrogens with zero attached hydrogens (tertiary/aromatic N) is 3. The third-order valence-electron chi connectivity index (χ3n) is 3.65. The van der Waals surface area contributed by atoms with Gasteiger partial charge in [0.05, 0.1) is 0 Å². The summed E-state index contributed by atoms with van der Waals surface area (Å²) in [5.41, 5.74) is 7.20. The van der Waals surface area contributed by atoms with E-state index >= 15 is 0 Å². The molecule has 0 saturated carbocycles. The minimum atomic E-state index is 0. The van der Waals surface area contributed by atoms with Crippen molar-refractivity contribution < 1.29 is 4.74 Å². The zero-order valence-corrected chi connectivity index (χ0v) is 17.1. The monoisotopic (exact) mass is 457 g/mol. The van der Waals surface area contributed by atoms with Crippen molar-refractivity contribution in [1.29, 1.82) is 0 Å². The SMILES string of the molecule is CCOCCCNC(N)=NCc1nccn1CCc1ccccc1.I. The Balaban J connectivity index is 0.00000312. The van der Waals surface area contributed by atoms with Crippen LogP contribution in [0.15, 0.2) is 47.7 Å². The van der Waals surface area contributed by atoms with Gasteiger partial charge >= 0.3 is 0 Å². The highest BCUT2D eigenvalue weighted by Crippen LogP contribution is 2.05. The molecule has 0 saturated heterocycles. The third kappa shape index (κ3) is 8.35. The Morgan fingerprint density at radius 3 is 2.88 bits per heavy atom. The number of rotatable bonds is 10. The lowest BCUT2D eigenvalue weighted by molar-refractivity contribution is 0.145. The largest absolute Gasteiger partial charge is 0.382 e. The van der Waals surface area contributed by atoms with Crippen molar-refractivity contribution in [1.82, 2.24) is 14.9 Å². The predicted molar refractivity (Wildman–Crippen MR) is 112 cm³/mol. The van der Waals surface area contributed by atoms with Crippen LogP contribution in [-0.4, -0.2) is 35.3 Å². The summed E-state index contributed by atoms with van der Waals surface area (Å²) < 4.78 is 7.40. The summed E-state index contributed by atoms with van der Waals surface area (Å²) in [6.45, 7) is 5.60. The molecule has 2 aromatic rings. The van der Waals surface area contributed by atoms with Gasteiger partial charge in [-0.15, -0.1) is 24.0 Å². The molecule has 2 rings (SSSR count). The summed E-state index contributed by atoms with van der Waals surface area (Å²) in [5.74, 6) is 1.37. The molecule has 0 amide bonds. The standard InChI is InChI=1S/C18H27N5O.HI/c1-2-24-14-6-10-21-18(19)22-15-17-20-11-13-23(17)12-9-16-7-4-3-5-8-16;/h3-5,7-8,11,13H,2,6,9-10,12,14-15H2,1H3,(H3,19,21,22);1H. The van der Waals surface area contributed by atoms with E-state index in [1.165, 1.54) is 5.56 Å². The van der Waals surface area contributed by atoms with Gasteiger partial charge in [-0.3, -0.25) is 0 Å². The summed E-state index contributed by atoms with van der Waals surface area (Å²) >= 11 is 0. The first-order valence-corrected chi connectivity index (χ1v) is 8.45. The van der Waals surface area contributed by atoms with E-state index in [0.717, 1.165) is 45.0 Å². The van der Waals surface area contributed by atoms with E-state index in [1.54, 1.807) is 0 Å². The Kier molecular flexibility index (Phi) is 10.9. The predicted octanol–water partition coefficient (Wildman–Crippen LogP) is 2.57. The molecule has 1 aromatic carbocycles. The Bertz CT molecular complexity index is 615. The first-order chi connectivity index (χ1) is 11.8. The molecule has 0 aliphatic rings. The lowest BCUT2D eigenvalue weighted by Gasteiger charge is -2.08. The van der Waals surface area contributed by atoms with Crippen LogP contribution in [0.3, 0.4) is 0 Å². The van der Waals surface area contributed by atoms with Gasteiger partial charge in [0.15, 0.2) is 5.96 Å². The molecule has 0 bridgehead atoms. The van der Waals surface area contributed by atoms with E-state index in [2.05, 4.69) is 44.1 Å². The molecule has 7 heteroatoms. The average Bonchev–Trinajstić information content (AvgIpc) is 3.06. The van der Waals surface area contributed by atoms with Gasteiger partial charge < -0.3 is 20.4 Å². The molecule has 0 aliphatic heterocycles. The van der Waals surface area contributed by atoms with Crippen LogP contribution in [0.4, 0.5) is 0 Å². The number of nitrogens with one attached hydrogen (secondary N) is 1. The first-order valence-electron chi connectivity index (χ1n) is 8.45. The number of ether oxygens (including phenoxy) is 1. The number of guanidine groups is 1. The van der Waals surface area contributed by atoms with Crippen LogP contribution in [0, 0.1) is 0 Å². The van der Waals surface area contributed by atoms with Crippen LogP contribution < -0.4 is 11.1 Å². The van der Waals surface area contributed by atoms with Crippen molar-refractivity contribution in [3.8, 4) is 0 Å². The second-order valence-corrected chi connectivity index (χ2v) is 5.45. The minimum absolute atomic E-state index is 0. The van der Waals surface area contributed by atoms with E-state index in [0.29, 0.717) is 12.5 Å². The van der Waals surface area contributed by atoms with Gasteiger partial charge in [-0.2, -0.15) is 0 Å². The molecule has 3 N–H and O–H groups in total. The summed E-state index contributed by atoms with van der Waals surface area (Å²) in [4.78, 5) is 8.73. The Hall–Kier alpha value is -1.61. The number of halogens is 1. The van der Waals surface area contributed by atoms with Crippen LogP contribution in [0.1, 0.15) is 24.7 Å². The summed E-state index contributed by atoms with van der Waals surface area (Å²) in [7, 11) is 0. The number of benzene rings is 1.